The van der Waals surface area contributed by atoms with Crippen molar-refractivity contribution in [2.75, 3.05) is 19.5 Å². The number of ketones is 1. The summed E-state index contributed by atoms with van der Waals surface area (Å²) in [6.45, 7) is 0. The molecule has 6 nitrogen and oxygen atoms in total. The van der Waals surface area contributed by atoms with Gasteiger partial charge in [0.15, 0.2) is 5.78 Å². The van der Waals surface area contributed by atoms with Crippen molar-refractivity contribution in [2.45, 2.75) is 25.3 Å². The SMILES string of the molecule is COc1ccc(OC)c([C@@H]2C3=C(CCCC3=O)Nc3nc4ccccc4n32)c1. The zero-order chi connectivity index (χ0) is 19.3. The summed E-state index contributed by atoms with van der Waals surface area (Å²) in [5.74, 6) is 2.38. The zero-order valence-electron chi connectivity index (χ0n) is 15.9. The van der Waals surface area contributed by atoms with Crippen molar-refractivity contribution in [1.29, 1.82) is 0 Å². The van der Waals surface area contributed by atoms with Gasteiger partial charge in [0, 0.05) is 23.3 Å². The number of nitrogens with zero attached hydrogens (tertiary/aromatic N) is 2. The number of para-hydroxylation sites is 2. The number of benzene rings is 2. The summed E-state index contributed by atoms with van der Waals surface area (Å²) in [4.78, 5) is 17.8. The summed E-state index contributed by atoms with van der Waals surface area (Å²) in [6, 6.07) is 13.4. The molecule has 3 aromatic rings. The van der Waals surface area contributed by atoms with Gasteiger partial charge in [-0.1, -0.05) is 12.1 Å². The number of carbonyl (C=O) groups excluding carboxylic acids is 1. The number of ether oxygens (including phenoxy) is 2. The summed E-state index contributed by atoms with van der Waals surface area (Å²) >= 11 is 0. The van der Waals surface area contributed by atoms with E-state index in [0.717, 1.165) is 58.2 Å². The molecule has 1 aromatic heterocycles. The van der Waals surface area contributed by atoms with E-state index in [4.69, 9.17) is 14.5 Å². The number of allylic oxidation sites excluding steroid dienone is 2. The van der Waals surface area contributed by atoms with Gasteiger partial charge in [0.2, 0.25) is 5.95 Å². The molecule has 0 amide bonds. The van der Waals surface area contributed by atoms with E-state index in [-0.39, 0.29) is 11.8 Å². The van der Waals surface area contributed by atoms with E-state index in [9.17, 15) is 4.79 Å². The second kappa shape index (κ2) is 6.41. The molecule has 1 aliphatic carbocycles. The molecule has 0 fully saturated rings. The van der Waals surface area contributed by atoms with Crippen molar-refractivity contribution in [2.24, 2.45) is 0 Å². The van der Waals surface area contributed by atoms with Gasteiger partial charge in [-0.25, -0.2) is 4.98 Å². The molecule has 1 atom stereocenters. The monoisotopic (exact) mass is 375 g/mol. The lowest BCUT2D eigenvalue weighted by atomic mass is 9.85. The first-order chi connectivity index (χ1) is 13.7. The highest BCUT2D eigenvalue weighted by Gasteiger charge is 2.38. The van der Waals surface area contributed by atoms with E-state index < -0.39 is 0 Å². The predicted octanol–water partition coefficient (Wildman–Crippen LogP) is 4.08. The summed E-state index contributed by atoms with van der Waals surface area (Å²) in [6.07, 6.45) is 2.26. The predicted molar refractivity (Wildman–Crippen MR) is 107 cm³/mol. The third kappa shape index (κ3) is 2.41. The number of imidazole rings is 1. The molecule has 0 saturated carbocycles. The fourth-order valence-electron chi connectivity index (χ4n) is 4.32. The highest BCUT2D eigenvalue weighted by molar-refractivity contribution is 6.00. The van der Waals surface area contributed by atoms with E-state index in [0.29, 0.717) is 6.42 Å². The van der Waals surface area contributed by atoms with Gasteiger partial charge in [-0.15, -0.1) is 0 Å². The van der Waals surface area contributed by atoms with Crippen LogP contribution >= 0.6 is 0 Å². The lowest BCUT2D eigenvalue weighted by Gasteiger charge is -2.34. The average molecular weight is 375 g/mol. The maximum Gasteiger partial charge on any atom is 0.209 e. The van der Waals surface area contributed by atoms with Gasteiger partial charge in [-0.05, 0) is 43.2 Å². The van der Waals surface area contributed by atoms with Crippen LogP contribution in [0.2, 0.25) is 0 Å². The normalized spacial score (nSPS) is 18.5. The van der Waals surface area contributed by atoms with Crippen LogP contribution in [-0.2, 0) is 4.79 Å². The molecular weight excluding hydrogens is 354 g/mol. The van der Waals surface area contributed by atoms with E-state index in [1.807, 2.05) is 42.5 Å². The minimum absolute atomic E-state index is 0.173. The summed E-state index contributed by atoms with van der Waals surface area (Å²) in [7, 11) is 3.29. The second-order valence-corrected chi connectivity index (χ2v) is 7.10. The Hall–Kier alpha value is -3.28. The first kappa shape index (κ1) is 16.9. The Morgan fingerprint density at radius 1 is 1.11 bits per heavy atom. The fourth-order valence-corrected chi connectivity index (χ4v) is 4.32. The molecule has 1 N–H and O–H groups in total. The third-order valence-corrected chi connectivity index (χ3v) is 5.58. The smallest absolute Gasteiger partial charge is 0.209 e. The highest BCUT2D eigenvalue weighted by atomic mass is 16.5. The number of carbonyl (C=O) groups is 1. The summed E-state index contributed by atoms with van der Waals surface area (Å²) in [5, 5.41) is 3.42. The standard InChI is InChI=1S/C22H21N3O3/c1-27-13-10-11-19(28-2)14(12-13)21-20-16(7-5-9-18(20)26)24-22-23-15-6-3-4-8-17(15)25(21)22/h3-4,6,8,10-12,21H,5,7,9H2,1-2H3,(H,23,24)/t21-/m1/s1. The number of rotatable bonds is 3. The molecule has 0 radical (unpaired) electrons. The van der Waals surface area contributed by atoms with Crippen molar-refractivity contribution in [3.8, 4) is 11.5 Å². The molecule has 0 unspecified atom stereocenters. The van der Waals surface area contributed by atoms with Gasteiger partial charge < -0.3 is 14.8 Å². The number of anilines is 1. The van der Waals surface area contributed by atoms with Crippen molar-refractivity contribution < 1.29 is 14.3 Å². The Kier molecular flexibility index (Phi) is 3.86. The summed E-state index contributed by atoms with van der Waals surface area (Å²) < 4.78 is 13.2. The molecule has 2 aliphatic rings. The molecule has 6 heteroatoms. The number of fused-ring (bicyclic) bond motifs is 3. The van der Waals surface area contributed by atoms with Gasteiger partial charge in [0.05, 0.1) is 31.3 Å². The van der Waals surface area contributed by atoms with Crippen molar-refractivity contribution >= 4 is 22.8 Å². The number of hydrogen-bond acceptors (Lipinski definition) is 5. The number of aromatic nitrogens is 2. The lowest BCUT2D eigenvalue weighted by molar-refractivity contribution is -0.116. The van der Waals surface area contributed by atoms with E-state index in [1.165, 1.54) is 0 Å². The first-order valence-corrected chi connectivity index (χ1v) is 9.43. The number of methoxy groups -OCH3 is 2. The Balaban J connectivity index is 1.83. The molecular formula is C22H21N3O3. The third-order valence-electron chi connectivity index (χ3n) is 5.58. The maximum absolute atomic E-state index is 13.0. The van der Waals surface area contributed by atoms with Gasteiger partial charge >= 0.3 is 0 Å². The number of Topliss-reactive ketones (excluding diaryl/α,β-unsaturated/α-hetero) is 1. The number of nitrogens with one attached hydrogen (secondary N) is 1. The van der Waals surface area contributed by atoms with Crippen LogP contribution in [0, 0.1) is 0 Å². The van der Waals surface area contributed by atoms with Crippen molar-refractivity contribution in [3.05, 3.63) is 59.3 Å². The Morgan fingerprint density at radius 3 is 2.79 bits per heavy atom. The Bertz CT molecular complexity index is 1130. The van der Waals surface area contributed by atoms with Gasteiger partial charge in [0.25, 0.3) is 0 Å². The average Bonchev–Trinajstić information content (AvgIpc) is 3.10. The van der Waals surface area contributed by atoms with Crippen molar-refractivity contribution in [3.63, 3.8) is 0 Å². The molecule has 2 aromatic carbocycles. The topological polar surface area (TPSA) is 65.4 Å². The van der Waals surface area contributed by atoms with Crippen LogP contribution in [0.4, 0.5) is 5.95 Å². The first-order valence-electron chi connectivity index (χ1n) is 9.43. The van der Waals surface area contributed by atoms with Crippen LogP contribution in [0.25, 0.3) is 11.0 Å². The van der Waals surface area contributed by atoms with Crippen LogP contribution < -0.4 is 14.8 Å². The minimum Gasteiger partial charge on any atom is -0.497 e. The van der Waals surface area contributed by atoms with Crippen LogP contribution in [0.15, 0.2) is 53.7 Å². The number of hydrogen-bond donors (Lipinski definition) is 1. The molecule has 142 valence electrons. The molecule has 5 rings (SSSR count). The molecule has 0 spiro atoms. The quantitative estimate of drug-likeness (QED) is 0.747. The van der Waals surface area contributed by atoms with Crippen molar-refractivity contribution in [1.82, 2.24) is 9.55 Å². The molecule has 0 saturated heterocycles. The van der Waals surface area contributed by atoms with Crippen LogP contribution in [0.3, 0.4) is 0 Å². The van der Waals surface area contributed by atoms with Crippen LogP contribution in [0.5, 0.6) is 11.5 Å². The lowest BCUT2D eigenvalue weighted by Crippen LogP contribution is -2.31. The van der Waals surface area contributed by atoms with Gasteiger partial charge in [0.1, 0.15) is 11.5 Å². The molecule has 1 aliphatic heterocycles. The summed E-state index contributed by atoms with van der Waals surface area (Å²) in [5.41, 5.74) is 4.53. The van der Waals surface area contributed by atoms with Crippen LogP contribution in [-0.4, -0.2) is 29.6 Å². The van der Waals surface area contributed by atoms with Crippen LogP contribution in [0.1, 0.15) is 30.9 Å². The Labute approximate surface area is 162 Å². The Morgan fingerprint density at radius 2 is 1.96 bits per heavy atom. The highest BCUT2D eigenvalue weighted by Crippen LogP contribution is 2.45. The zero-order valence-corrected chi connectivity index (χ0v) is 15.9. The maximum atomic E-state index is 13.0. The van der Waals surface area contributed by atoms with E-state index in [2.05, 4.69) is 9.88 Å². The fraction of sp³-hybridized carbons (Fsp3) is 0.273. The van der Waals surface area contributed by atoms with E-state index >= 15 is 0 Å². The largest absolute Gasteiger partial charge is 0.497 e. The molecule has 0 bridgehead atoms. The second-order valence-electron chi connectivity index (χ2n) is 7.10. The van der Waals surface area contributed by atoms with Gasteiger partial charge in [-0.3, -0.25) is 9.36 Å². The minimum atomic E-state index is -0.309. The molecule has 2 heterocycles. The van der Waals surface area contributed by atoms with Gasteiger partial charge in [-0.2, -0.15) is 0 Å². The molecule has 28 heavy (non-hydrogen) atoms. The van der Waals surface area contributed by atoms with E-state index in [1.54, 1.807) is 14.2 Å².